The summed E-state index contributed by atoms with van der Waals surface area (Å²) in [5.41, 5.74) is 0. The van der Waals surface area contributed by atoms with Gasteiger partial charge in [0.25, 0.3) is 0 Å². The first kappa shape index (κ1) is 34.4. The summed E-state index contributed by atoms with van der Waals surface area (Å²) in [5, 5.41) is 11.3. The van der Waals surface area contributed by atoms with E-state index in [-0.39, 0.29) is 24.2 Å². The molecule has 0 saturated heterocycles. The molecule has 4 aliphatic rings. The second-order valence-corrected chi connectivity index (χ2v) is 16.4. The van der Waals surface area contributed by atoms with Crippen LogP contribution in [0.1, 0.15) is 144 Å². The largest absolute Gasteiger partial charge is 0.392 e. The van der Waals surface area contributed by atoms with Crippen molar-refractivity contribution in [3.8, 4) is 0 Å². The molecule has 4 saturated carbocycles. The molecule has 4 heteroatoms. The average molecular weight is 595 g/mol. The van der Waals surface area contributed by atoms with Crippen molar-refractivity contribution in [1.29, 1.82) is 0 Å². The van der Waals surface area contributed by atoms with Gasteiger partial charge in [-0.15, -0.1) is 0 Å². The van der Waals surface area contributed by atoms with Gasteiger partial charge in [-0.05, 0) is 110 Å². The highest BCUT2D eigenvalue weighted by Gasteiger charge is 2.47. The van der Waals surface area contributed by atoms with Crippen LogP contribution in [0.2, 0.25) is 0 Å². The fourth-order valence-electron chi connectivity index (χ4n) is 10.4. The first-order chi connectivity index (χ1) is 19.9. The summed E-state index contributed by atoms with van der Waals surface area (Å²) in [6, 6.07) is 0. The Hall–Kier alpha value is -0.510. The number of hydrogen-bond acceptors (Lipinski definition) is 1. The van der Waals surface area contributed by atoms with Gasteiger partial charge in [-0.25, -0.2) is 0 Å². The van der Waals surface area contributed by atoms with E-state index in [1.54, 1.807) is 0 Å². The first-order valence-corrected chi connectivity index (χ1v) is 18.4. The maximum atomic E-state index is 14.3. The highest BCUT2D eigenvalue weighted by atomic mass is 19.4. The van der Waals surface area contributed by atoms with Gasteiger partial charge < -0.3 is 5.11 Å². The van der Waals surface area contributed by atoms with Gasteiger partial charge in [-0.1, -0.05) is 111 Å². The molecule has 0 bridgehead atoms. The zero-order chi connectivity index (χ0) is 30.4. The number of allylic oxidation sites excluding steroid dienone is 1. The van der Waals surface area contributed by atoms with Gasteiger partial charge in [-0.3, -0.25) is 0 Å². The molecule has 12 unspecified atom stereocenters. The molecule has 0 amide bonds. The number of aliphatic hydroxyl groups excluding tert-OH is 1. The van der Waals surface area contributed by atoms with Crippen LogP contribution in [0.4, 0.5) is 13.2 Å². The van der Waals surface area contributed by atoms with Crippen molar-refractivity contribution in [1.82, 2.24) is 0 Å². The van der Waals surface area contributed by atoms with E-state index in [0.717, 1.165) is 56.3 Å². The molecule has 4 rings (SSSR count). The highest BCUT2D eigenvalue weighted by molar-refractivity contribution is 5.01. The monoisotopic (exact) mass is 594 g/mol. The topological polar surface area (TPSA) is 20.2 Å². The fourth-order valence-corrected chi connectivity index (χ4v) is 10.4. The molecule has 0 aromatic carbocycles. The predicted molar refractivity (Wildman–Crippen MR) is 170 cm³/mol. The molecule has 0 aromatic heterocycles. The number of rotatable bonds is 9. The quantitative estimate of drug-likeness (QED) is 0.208. The van der Waals surface area contributed by atoms with Gasteiger partial charge in [0.05, 0.1) is 12.0 Å². The third-order valence-electron chi connectivity index (χ3n) is 13.1. The summed E-state index contributed by atoms with van der Waals surface area (Å²) >= 11 is 0. The van der Waals surface area contributed by atoms with Crippen LogP contribution < -0.4 is 0 Å². The second kappa shape index (κ2) is 15.7. The summed E-state index contributed by atoms with van der Waals surface area (Å²) in [7, 11) is 0. The van der Waals surface area contributed by atoms with Gasteiger partial charge in [0.1, 0.15) is 0 Å². The first-order valence-electron chi connectivity index (χ1n) is 18.4. The zero-order valence-electron chi connectivity index (χ0n) is 27.8. The average Bonchev–Trinajstić information content (AvgIpc) is 3.16. The van der Waals surface area contributed by atoms with E-state index in [1.807, 2.05) is 12.2 Å². The molecule has 0 aliphatic heterocycles. The van der Waals surface area contributed by atoms with Crippen LogP contribution in [0.15, 0.2) is 12.2 Å². The Kier molecular flexibility index (Phi) is 12.8. The van der Waals surface area contributed by atoms with Crippen molar-refractivity contribution in [2.75, 3.05) is 0 Å². The molecule has 0 aromatic rings. The van der Waals surface area contributed by atoms with Gasteiger partial charge >= 0.3 is 6.18 Å². The normalized spacial score (nSPS) is 40.6. The summed E-state index contributed by atoms with van der Waals surface area (Å²) in [5.74, 6) is 4.41. The van der Waals surface area contributed by atoms with E-state index < -0.39 is 18.2 Å². The predicted octanol–water partition coefficient (Wildman–Crippen LogP) is 11.6. The molecule has 1 nitrogen and oxygen atoms in total. The van der Waals surface area contributed by atoms with Crippen molar-refractivity contribution >= 4 is 0 Å². The standard InChI is InChI=1S/C38H65F3O/c1-25(2)37(33-12-7-6-10-27(33)4)34-24-32(19-14-28(34)5)36(42)22-18-30-17-21-31(35(23-30)38(39,40)41)20-16-29-11-8-9-26(3)13-15-29/h18,22,25-37,42H,6-17,19-21,23-24H2,1-5H3. The van der Waals surface area contributed by atoms with E-state index in [4.69, 9.17) is 0 Å². The molecule has 4 aliphatic carbocycles. The molecule has 0 radical (unpaired) electrons. The molecule has 12 atom stereocenters. The number of aliphatic hydroxyl groups is 1. The summed E-state index contributed by atoms with van der Waals surface area (Å²) in [6.45, 7) is 12.0. The van der Waals surface area contributed by atoms with Crippen LogP contribution in [0.3, 0.4) is 0 Å². The van der Waals surface area contributed by atoms with Crippen molar-refractivity contribution < 1.29 is 18.3 Å². The van der Waals surface area contributed by atoms with Crippen molar-refractivity contribution in [3.05, 3.63) is 12.2 Å². The Morgan fingerprint density at radius 2 is 1.48 bits per heavy atom. The van der Waals surface area contributed by atoms with Crippen molar-refractivity contribution in [3.63, 3.8) is 0 Å². The second-order valence-electron chi connectivity index (χ2n) is 16.4. The molecule has 4 fully saturated rings. The van der Waals surface area contributed by atoms with Crippen LogP contribution in [-0.4, -0.2) is 17.4 Å². The highest BCUT2D eigenvalue weighted by Crippen LogP contribution is 2.50. The molecule has 244 valence electrons. The third kappa shape index (κ3) is 9.26. The minimum absolute atomic E-state index is 0.0638. The fraction of sp³-hybridized carbons (Fsp3) is 0.947. The Morgan fingerprint density at radius 1 is 0.738 bits per heavy atom. The van der Waals surface area contributed by atoms with E-state index in [0.29, 0.717) is 36.0 Å². The smallest absolute Gasteiger partial charge is 0.389 e. The maximum absolute atomic E-state index is 14.3. The molecule has 0 spiro atoms. The lowest BCUT2D eigenvalue weighted by Gasteiger charge is -2.47. The lowest BCUT2D eigenvalue weighted by Crippen LogP contribution is -2.41. The van der Waals surface area contributed by atoms with E-state index in [2.05, 4.69) is 34.6 Å². The van der Waals surface area contributed by atoms with E-state index in [1.165, 1.54) is 57.8 Å². The number of alkyl halides is 3. The van der Waals surface area contributed by atoms with Crippen LogP contribution >= 0.6 is 0 Å². The molecular weight excluding hydrogens is 529 g/mol. The summed E-state index contributed by atoms with van der Waals surface area (Å²) < 4.78 is 42.8. The van der Waals surface area contributed by atoms with E-state index >= 15 is 0 Å². The van der Waals surface area contributed by atoms with Gasteiger partial charge in [0.15, 0.2) is 0 Å². The van der Waals surface area contributed by atoms with Gasteiger partial charge in [0.2, 0.25) is 0 Å². The Balaban J connectivity index is 1.33. The lowest BCUT2D eigenvalue weighted by atomic mass is 9.58. The SMILES string of the molecule is CC1CCCC(CCC2CCC(C=CC(O)C3CCC(C)C(C(C(C)C)C4CCCCC4C)C3)CC2C(F)(F)F)CC1. The Morgan fingerprint density at radius 3 is 2.19 bits per heavy atom. The molecule has 1 N–H and O–H groups in total. The number of hydrogen-bond donors (Lipinski definition) is 1. The maximum Gasteiger partial charge on any atom is 0.392 e. The number of halogens is 3. The molecular formula is C38H65F3O. The van der Waals surface area contributed by atoms with Crippen LogP contribution in [0.25, 0.3) is 0 Å². The van der Waals surface area contributed by atoms with Crippen molar-refractivity contribution in [2.45, 2.75) is 156 Å². The van der Waals surface area contributed by atoms with Gasteiger partial charge in [-0.2, -0.15) is 13.2 Å². The third-order valence-corrected chi connectivity index (χ3v) is 13.1. The minimum Gasteiger partial charge on any atom is -0.389 e. The van der Waals surface area contributed by atoms with Crippen molar-refractivity contribution in [2.24, 2.45) is 71.0 Å². The van der Waals surface area contributed by atoms with Gasteiger partial charge in [0, 0.05) is 0 Å². The van der Waals surface area contributed by atoms with E-state index in [9.17, 15) is 18.3 Å². The van der Waals surface area contributed by atoms with Crippen LogP contribution in [-0.2, 0) is 0 Å². The molecule has 42 heavy (non-hydrogen) atoms. The summed E-state index contributed by atoms with van der Waals surface area (Å²) in [6.07, 6.45) is 17.5. The lowest BCUT2D eigenvalue weighted by molar-refractivity contribution is -0.200. The minimum atomic E-state index is -4.12. The zero-order valence-corrected chi connectivity index (χ0v) is 27.8. The Bertz CT molecular complexity index is 820. The van der Waals surface area contributed by atoms with Crippen LogP contribution in [0.5, 0.6) is 0 Å². The van der Waals surface area contributed by atoms with Crippen LogP contribution in [0, 0.1) is 71.0 Å². The summed E-state index contributed by atoms with van der Waals surface area (Å²) in [4.78, 5) is 0. The molecule has 0 heterocycles. The Labute approximate surface area is 257 Å².